The van der Waals surface area contributed by atoms with E-state index in [4.69, 9.17) is 15.6 Å². The van der Waals surface area contributed by atoms with Crippen LogP contribution in [0.2, 0.25) is 0 Å². The standard InChI is InChI=1S/C15H20N2O3S2/c1-4-5-6-13-10(2)22-14(17-13)11(3)21-9-12(16)15(19)20-8-7-18/h4-6,12,18H,1,3,7-9,16H2,2H3/b6-5-/t12-/m1/s1. The molecule has 0 bridgehead atoms. The molecule has 1 atom stereocenters. The second kappa shape index (κ2) is 9.58. The van der Waals surface area contributed by atoms with Crippen molar-refractivity contribution in [2.75, 3.05) is 19.0 Å². The predicted octanol–water partition coefficient (Wildman–Crippen LogP) is 2.22. The van der Waals surface area contributed by atoms with Crippen molar-refractivity contribution >= 4 is 40.0 Å². The Morgan fingerprint density at radius 3 is 3.00 bits per heavy atom. The molecule has 0 aliphatic heterocycles. The van der Waals surface area contributed by atoms with Crippen LogP contribution in [0.4, 0.5) is 0 Å². The Balaban J connectivity index is 2.57. The van der Waals surface area contributed by atoms with Crippen molar-refractivity contribution in [3.63, 3.8) is 0 Å². The molecule has 1 aromatic heterocycles. The Hall–Kier alpha value is -1.41. The highest BCUT2D eigenvalue weighted by Crippen LogP contribution is 2.31. The monoisotopic (exact) mass is 340 g/mol. The van der Waals surface area contributed by atoms with Crippen LogP contribution in [0.25, 0.3) is 11.0 Å². The van der Waals surface area contributed by atoms with Gasteiger partial charge in [-0.3, -0.25) is 4.79 Å². The molecule has 120 valence electrons. The van der Waals surface area contributed by atoms with Crippen LogP contribution in [0.15, 0.2) is 25.3 Å². The maximum atomic E-state index is 11.5. The number of nitrogens with two attached hydrogens (primary N) is 1. The average molecular weight is 340 g/mol. The van der Waals surface area contributed by atoms with E-state index in [-0.39, 0.29) is 13.2 Å². The molecule has 1 heterocycles. The predicted molar refractivity (Wildman–Crippen MR) is 93.6 cm³/mol. The molecule has 1 rings (SSSR count). The number of ether oxygens (including phenoxy) is 1. The second-order valence-electron chi connectivity index (χ2n) is 4.29. The Morgan fingerprint density at radius 2 is 2.36 bits per heavy atom. The lowest BCUT2D eigenvalue weighted by atomic mass is 10.3. The van der Waals surface area contributed by atoms with E-state index in [2.05, 4.69) is 18.1 Å². The molecular formula is C15H20N2O3S2. The van der Waals surface area contributed by atoms with Crippen LogP contribution in [-0.2, 0) is 9.53 Å². The minimum Gasteiger partial charge on any atom is -0.462 e. The van der Waals surface area contributed by atoms with Gasteiger partial charge in [-0.1, -0.05) is 25.3 Å². The van der Waals surface area contributed by atoms with E-state index in [9.17, 15) is 4.79 Å². The largest absolute Gasteiger partial charge is 0.462 e. The third kappa shape index (κ3) is 5.76. The molecule has 0 amide bonds. The zero-order valence-corrected chi connectivity index (χ0v) is 14.1. The number of aliphatic hydroxyl groups is 1. The zero-order chi connectivity index (χ0) is 16.5. The second-order valence-corrected chi connectivity index (χ2v) is 6.61. The van der Waals surface area contributed by atoms with Crippen molar-refractivity contribution in [2.24, 2.45) is 5.73 Å². The summed E-state index contributed by atoms with van der Waals surface area (Å²) >= 11 is 2.91. The van der Waals surface area contributed by atoms with Crippen LogP contribution in [0.1, 0.15) is 15.6 Å². The average Bonchev–Trinajstić information content (AvgIpc) is 2.88. The van der Waals surface area contributed by atoms with Gasteiger partial charge in [0.15, 0.2) is 0 Å². The molecule has 0 saturated carbocycles. The van der Waals surface area contributed by atoms with Crippen molar-refractivity contribution in [1.82, 2.24) is 4.98 Å². The van der Waals surface area contributed by atoms with Gasteiger partial charge in [0.1, 0.15) is 17.7 Å². The Morgan fingerprint density at radius 1 is 1.64 bits per heavy atom. The van der Waals surface area contributed by atoms with Gasteiger partial charge in [0.2, 0.25) is 0 Å². The maximum absolute atomic E-state index is 11.5. The minimum absolute atomic E-state index is 0.0389. The van der Waals surface area contributed by atoms with Gasteiger partial charge in [0.25, 0.3) is 0 Å². The number of esters is 1. The molecular weight excluding hydrogens is 320 g/mol. The molecule has 0 aliphatic carbocycles. The first kappa shape index (κ1) is 18.6. The number of carbonyl (C=O) groups is 1. The van der Waals surface area contributed by atoms with Crippen LogP contribution >= 0.6 is 23.1 Å². The molecule has 0 aliphatic rings. The molecule has 0 fully saturated rings. The van der Waals surface area contributed by atoms with E-state index in [1.807, 2.05) is 19.1 Å². The van der Waals surface area contributed by atoms with Crippen molar-refractivity contribution in [3.05, 3.63) is 40.9 Å². The topological polar surface area (TPSA) is 85.4 Å². The normalized spacial score (nSPS) is 12.3. The summed E-state index contributed by atoms with van der Waals surface area (Å²) in [6.07, 6.45) is 5.41. The van der Waals surface area contributed by atoms with Crippen molar-refractivity contribution < 1.29 is 14.6 Å². The molecule has 1 aromatic rings. The van der Waals surface area contributed by atoms with E-state index in [1.54, 1.807) is 6.08 Å². The van der Waals surface area contributed by atoms with Gasteiger partial charge in [0.05, 0.1) is 12.3 Å². The summed E-state index contributed by atoms with van der Waals surface area (Å²) < 4.78 is 4.77. The lowest BCUT2D eigenvalue weighted by Crippen LogP contribution is -2.35. The van der Waals surface area contributed by atoms with Gasteiger partial charge in [-0.2, -0.15) is 0 Å². The summed E-state index contributed by atoms with van der Waals surface area (Å²) in [6, 6.07) is -0.755. The fourth-order valence-electron chi connectivity index (χ4n) is 1.41. The third-order valence-electron chi connectivity index (χ3n) is 2.54. The van der Waals surface area contributed by atoms with E-state index in [0.717, 1.165) is 20.5 Å². The van der Waals surface area contributed by atoms with Crippen LogP contribution in [0, 0.1) is 6.92 Å². The molecule has 0 aromatic carbocycles. The maximum Gasteiger partial charge on any atom is 0.323 e. The van der Waals surface area contributed by atoms with E-state index >= 15 is 0 Å². The smallest absolute Gasteiger partial charge is 0.323 e. The number of nitrogens with zero attached hydrogens (tertiary/aromatic N) is 1. The van der Waals surface area contributed by atoms with E-state index < -0.39 is 12.0 Å². The first-order valence-corrected chi connectivity index (χ1v) is 8.41. The van der Waals surface area contributed by atoms with Crippen molar-refractivity contribution in [1.29, 1.82) is 0 Å². The number of thiazole rings is 1. The summed E-state index contributed by atoms with van der Waals surface area (Å²) in [4.78, 5) is 17.8. The van der Waals surface area contributed by atoms with E-state index in [1.165, 1.54) is 23.1 Å². The van der Waals surface area contributed by atoms with Crippen molar-refractivity contribution in [2.45, 2.75) is 13.0 Å². The summed E-state index contributed by atoms with van der Waals surface area (Å²) in [7, 11) is 0. The number of thioether (sulfide) groups is 1. The van der Waals surface area contributed by atoms with Crippen molar-refractivity contribution in [3.8, 4) is 0 Å². The first-order valence-electron chi connectivity index (χ1n) is 6.61. The highest BCUT2D eigenvalue weighted by atomic mass is 32.2. The fraction of sp³-hybridized carbons (Fsp3) is 0.333. The number of hydrogen-bond acceptors (Lipinski definition) is 7. The molecule has 5 nitrogen and oxygen atoms in total. The molecule has 0 radical (unpaired) electrons. The van der Waals surface area contributed by atoms with Gasteiger partial charge in [-0.25, -0.2) is 4.98 Å². The Bertz CT molecular complexity index is 567. The SMILES string of the molecule is C=C/C=C\c1nc(C(=C)SC[C@@H](N)C(=O)OCCO)sc1C. The fourth-order valence-corrected chi connectivity index (χ4v) is 3.17. The lowest BCUT2D eigenvalue weighted by Gasteiger charge is -2.10. The molecule has 0 unspecified atom stereocenters. The Labute approximate surface area is 138 Å². The quantitative estimate of drug-likeness (QED) is 0.529. The number of allylic oxidation sites excluding steroid dienone is 2. The molecule has 0 spiro atoms. The third-order valence-corrected chi connectivity index (χ3v) is 4.78. The Kier molecular flexibility index (Phi) is 8.11. The number of rotatable bonds is 9. The number of aryl methyl sites for hydroxylation is 1. The van der Waals surface area contributed by atoms with Gasteiger partial charge in [-0.05, 0) is 13.0 Å². The molecule has 7 heteroatoms. The van der Waals surface area contributed by atoms with Crippen LogP contribution in [0.3, 0.4) is 0 Å². The number of hydrogen-bond donors (Lipinski definition) is 2. The van der Waals surface area contributed by atoms with Crippen LogP contribution in [-0.4, -0.2) is 41.1 Å². The summed E-state index contributed by atoms with van der Waals surface area (Å²) in [5.41, 5.74) is 6.61. The van der Waals surface area contributed by atoms with Gasteiger partial charge < -0.3 is 15.6 Å². The van der Waals surface area contributed by atoms with Gasteiger partial charge in [-0.15, -0.1) is 23.1 Å². The molecule has 3 N–H and O–H groups in total. The van der Waals surface area contributed by atoms with Gasteiger partial charge in [0, 0.05) is 15.5 Å². The summed E-state index contributed by atoms with van der Waals surface area (Å²) in [6.45, 7) is 9.34. The number of aromatic nitrogens is 1. The lowest BCUT2D eigenvalue weighted by molar-refractivity contribution is -0.145. The highest BCUT2D eigenvalue weighted by molar-refractivity contribution is 8.08. The number of carbonyl (C=O) groups excluding carboxylic acids is 1. The summed E-state index contributed by atoms with van der Waals surface area (Å²) in [5.74, 6) is -0.182. The minimum atomic E-state index is -0.755. The first-order chi connectivity index (χ1) is 10.5. The number of aliphatic hydroxyl groups excluding tert-OH is 1. The van der Waals surface area contributed by atoms with E-state index in [0.29, 0.717) is 5.75 Å². The van der Waals surface area contributed by atoms with Gasteiger partial charge >= 0.3 is 5.97 Å². The highest BCUT2D eigenvalue weighted by Gasteiger charge is 2.17. The molecule has 0 saturated heterocycles. The zero-order valence-electron chi connectivity index (χ0n) is 12.4. The molecule has 22 heavy (non-hydrogen) atoms. The summed E-state index contributed by atoms with van der Waals surface area (Å²) in [5, 5.41) is 9.41. The van der Waals surface area contributed by atoms with Crippen LogP contribution < -0.4 is 5.73 Å². The van der Waals surface area contributed by atoms with Crippen LogP contribution in [0.5, 0.6) is 0 Å².